The van der Waals surface area contributed by atoms with E-state index in [4.69, 9.17) is 0 Å². The van der Waals surface area contributed by atoms with Crippen molar-refractivity contribution in [3.05, 3.63) is 18.5 Å². The maximum absolute atomic E-state index is 4.10. The minimum absolute atomic E-state index is 0.888. The predicted octanol–water partition coefficient (Wildman–Crippen LogP) is -0.681. The van der Waals surface area contributed by atoms with E-state index in [0.29, 0.717) is 0 Å². The van der Waals surface area contributed by atoms with Gasteiger partial charge in [0.1, 0.15) is 18.5 Å². The summed E-state index contributed by atoms with van der Waals surface area (Å²) >= 11 is 0. The first-order valence-corrected chi connectivity index (χ1v) is 4.99. The minimum Gasteiger partial charge on any atom is -0.314 e. The van der Waals surface area contributed by atoms with Gasteiger partial charge in [-0.2, -0.15) is 0 Å². The van der Waals surface area contributed by atoms with Crippen molar-refractivity contribution in [1.29, 1.82) is 0 Å². The van der Waals surface area contributed by atoms with Gasteiger partial charge in [0.25, 0.3) is 0 Å². The number of hydrogen-bond acceptors (Lipinski definition) is 5. The second-order valence-electron chi connectivity index (χ2n) is 3.40. The first-order chi connectivity index (χ1) is 6.95. The van der Waals surface area contributed by atoms with Gasteiger partial charge in [0.15, 0.2) is 0 Å². The van der Waals surface area contributed by atoms with E-state index in [0.717, 1.165) is 45.0 Å². The Hall–Kier alpha value is -1.07. The molecule has 1 fully saturated rings. The number of aromatic nitrogens is 3. The largest absolute Gasteiger partial charge is 0.314 e. The van der Waals surface area contributed by atoms with Crippen LogP contribution in [0.4, 0.5) is 0 Å². The van der Waals surface area contributed by atoms with Gasteiger partial charge in [0.05, 0.1) is 0 Å². The summed E-state index contributed by atoms with van der Waals surface area (Å²) in [6.07, 6.45) is 4.03. The highest BCUT2D eigenvalue weighted by Gasteiger charge is 2.09. The fraction of sp³-hybridized carbons (Fsp3) is 0.667. The molecule has 0 aromatic carbocycles. The van der Waals surface area contributed by atoms with E-state index in [-0.39, 0.29) is 0 Å². The van der Waals surface area contributed by atoms with Crippen molar-refractivity contribution >= 4 is 0 Å². The Morgan fingerprint density at radius 3 is 2.64 bits per heavy atom. The quantitative estimate of drug-likeness (QED) is 0.689. The summed E-state index contributed by atoms with van der Waals surface area (Å²) in [6.45, 7) is 5.50. The van der Waals surface area contributed by atoms with Crippen LogP contribution in [0, 0.1) is 0 Å². The number of rotatable bonds is 3. The van der Waals surface area contributed by atoms with Gasteiger partial charge in [-0.1, -0.05) is 0 Å². The van der Waals surface area contributed by atoms with E-state index in [1.807, 2.05) is 0 Å². The maximum atomic E-state index is 4.10. The molecule has 5 nitrogen and oxygen atoms in total. The molecule has 0 unspecified atom stereocenters. The zero-order valence-electron chi connectivity index (χ0n) is 8.19. The molecule has 1 saturated heterocycles. The molecular weight excluding hydrogens is 178 g/mol. The normalized spacial score (nSPS) is 18.3. The topological polar surface area (TPSA) is 53.9 Å². The van der Waals surface area contributed by atoms with Crippen LogP contribution in [0.25, 0.3) is 0 Å². The van der Waals surface area contributed by atoms with Crippen LogP contribution >= 0.6 is 0 Å². The lowest BCUT2D eigenvalue weighted by Gasteiger charge is -2.26. The van der Waals surface area contributed by atoms with Crippen molar-refractivity contribution < 1.29 is 0 Å². The molecule has 2 rings (SSSR count). The van der Waals surface area contributed by atoms with E-state index >= 15 is 0 Å². The molecule has 0 bridgehead atoms. The summed E-state index contributed by atoms with van der Waals surface area (Å²) in [5.41, 5.74) is 0. The monoisotopic (exact) mass is 193 g/mol. The highest BCUT2D eigenvalue weighted by atomic mass is 15.2. The van der Waals surface area contributed by atoms with Crippen molar-refractivity contribution in [1.82, 2.24) is 25.2 Å². The van der Waals surface area contributed by atoms with Crippen LogP contribution in [-0.2, 0) is 6.42 Å². The Labute approximate surface area is 83.6 Å². The lowest BCUT2D eigenvalue weighted by molar-refractivity contribution is 0.242. The van der Waals surface area contributed by atoms with E-state index in [1.54, 1.807) is 12.7 Å². The van der Waals surface area contributed by atoms with Gasteiger partial charge in [-0.15, -0.1) is 0 Å². The van der Waals surface area contributed by atoms with Gasteiger partial charge in [-0.3, -0.25) is 0 Å². The van der Waals surface area contributed by atoms with Gasteiger partial charge in [0.2, 0.25) is 0 Å². The maximum Gasteiger partial charge on any atom is 0.133 e. The van der Waals surface area contributed by atoms with Gasteiger partial charge >= 0.3 is 0 Å². The molecule has 5 heteroatoms. The third kappa shape index (κ3) is 2.71. The number of nitrogens with zero attached hydrogens (tertiary/aromatic N) is 4. The van der Waals surface area contributed by atoms with Crippen LogP contribution in [0.15, 0.2) is 12.7 Å². The highest BCUT2D eigenvalue weighted by Crippen LogP contribution is 1.95. The molecule has 1 aromatic heterocycles. The van der Waals surface area contributed by atoms with Crippen molar-refractivity contribution in [3.8, 4) is 0 Å². The van der Waals surface area contributed by atoms with Gasteiger partial charge in [-0.05, 0) is 0 Å². The second-order valence-corrected chi connectivity index (χ2v) is 3.40. The second kappa shape index (κ2) is 4.97. The molecule has 1 aromatic rings. The molecule has 1 N–H and O–H groups in total. The van der Waals surface area contributed by atoms with Crippen molar-refractivity contribution in [2.75, 3.05) is 32.7 Å². The van der Waals surface area contributed by atoms with Crippen LogP contribution in [0.1, 0.15) is 5.82 Å². The molecule has 0 amide bonds. The number of piperazine rings is 1. The van der Waals surface area contributed by atoms with Gasteiger partial charge < -0.3 is 10.2 Å². The number of hydrogen-bond donors (Lipinski definition) is 1. The highest BCUT2D eigenvalue weighted by molar-refractivity contribution is 4.83. The molecule has 0 aliphatic carbocycles. The predicted molar refractivity (Wildman–Crippen MR) is 52.8 cm³/mol. The lowest BCUT2D eigenvalue weighted by Crippen LogP contribution is -2.44. The van der Waals surface area contributed by atoms with Crippen LogP contribution in [0.5, 0.6) is 0 Å². The average molecular weight is 193 g/mol. The lowest BCUT2D eigenvalue weighted by atomic mass is 10.3. The van der Waals surface area contributed by atoms with Crippen LogP contribution < -0.4 is 5.32 Å². The average Bonchev–Trinajstić information content (AvgIpc) is 2.29. The Morgan fingerprint density at radius 2 is 1.93 bits per heavy atom. The van der Waals surface area contributed by atoms with E-state index < -0.39 is 0 Å². The molecule has 14 heavy (non-hydrogen) atoms. The Kier molecular flexibility index (Phi) is 3.37. The van der Waals surface area contributed by atoms with Crippen LogP contribution in [-0.4, -0.2) is 52.6 Å². The first kappa shape index (κ1) is 9.48. The molecule has 1 aliphatic rings. The Bertz CT molecular complexity index is 257. The summed E-state index contributed by atoms with van der Waals surface area (Å²) in [5.74, 6) is 0.888. The van der Waals surface area contributed by atoms with Crippen LogP contribution in [0.3, 0.4) is 0 Å². The third-order valence-electron chi connectivity index (χ3n) is 2.41. The smallest absolute Gasteiger partial charge is 0.133 e. The molecular formula is C9H15N5. The molecule has 1 aliphatic heterocycles. The van der Waals surface area contributed by atoms with Crippen LogP contribution in [0.2, 0.25) is 0 Å². The summed E-state index contributed by atoms with van der Waals surface area (Å²) in [5, 5.41) is 3.33. The summed E-state index contributed by atoms with van der Waals surface area (Å²) in [4.78, 5) is 14.4. The molecule has 2 heterocycles. The Balaban J connectivity index is 1.76. The SMILES string of the molecule is c1ncnc(CCN2CCNCC2)n1. The molecule has 76 valence electrons. The van der Waals surface area contributed by atoms with E-state index in [1.165, 1.54) is 0 Å². The zero-order chi connectivity index (χ0) is 9.64. The van der Waals surface area contributed by atoms with Gasteiger partial charge in [0, 0.05) is 39.1 Å². The molecule has 0 spiro atoms. The first-order valence-electron chi connectivity index (χ1n) is 4.99. The molecule has 0 saturated carbocycles. The van der Waals surface area contributed by atoms with Crippen molar-refractivity contribution in [3.63, 3.8) is 0 Å². The molecule has 0 atom stereocenters. The fourth-order valence-electron chi connectivity index (χ4n) is 1.59. The Morgan fingerprint density at radius 1 is 1.21 bits per heavy atom. The zero-order valence-corrected chi connectivity index (χ0v) is 8.19. The van der Waals surface area contributed by atoms with Crippen molar-refractivity contribution in [2.24, 2.45) is 0 Å². The summed E-state index contributed by atoms with van der Waals surface area (Å²) in [6, 6.07) is 0. The summed E-state index contributed by atoms with van der Waals surface area (Å²) < 4.78 is 0. The van der Waals surface area contributed by atoms with Gasteiger partial charge in [-0.25, -0.2) is 15.0 Å². The summed E-state index contributed by atoms with van der Waals surface area (Å²) in [7, 11) is 0. The number of nitrogens with one attached hydrogen (secondary N) is 1. The van der Waals surface area contributed by atoms with E-state index in [2.05, 4.69) is 25.2 Å². The fourth-order valence-corrected chi connectivity index (χ4v) is 1.59. The minimum atomic E-state index is 0.888. The molecule has 0 radical (unpaired) electrons. The third-order valence-corrected chi connectivity index (χ3v) is 2.41. The standard InChI is InChI=1S/C9H15N5/c1(9-12-7-11-8-13-9)4-14-5-2-10-3-6-14/h7-8,10H,1-6H2. The van der Waals surface area contributed by atoms with Crippen molar-refractivity contribution in [2.45, 2.75) is 6.42 Å². The van der Waals surface area contributed by atoms with E-state index in [9.17, 15) is 0 Å².